The molecule has 0 spiro atoms. The van der Waals surface area contributed by atoms with E-state index in [9.17, 15) is 0 Å². The summed E-state index contributed by atoms with van der Waals surface area (Å²) < 4.78 is 0. The number of allylic oxidation sites excluding steroid dienone is 5. The standard InChI is InChI=1S/C9H7/c1-2-6-9-7-4-3-5-8-9/h1,3-8H/q-3. The van der Waals surface area contributed by atoms with E-state index in [0.717, 1.165) is 5.92 Å². The van der Waals surface area contributed by atoms with Gasteiger partial charge in [0.2, 0.25) is 0 Å². The van der Waals surface area contributed by atoms with E-state index >= 15 is 0 Å². The van der Waals surface area contributed by atoms with Crippen LogP contribution in [0.5, 0.6) is 0 Å². The Morgan fingerprint density at radius 1 is 1.44 bits per heavy atom. The third-order valence-electron chi connectivity index (χ3n) is 1.05. The molecule has 1 aliphatic carbocycles. The van der Waals surface area contributed by atoms with Gasteiger partial charge in [0.15, 0.2) is 0 Å². The van der Waals surface area contributed by atoms with Gasteiger partial charge in [-0.3, -0.25) is 36.8 Å². The van der Waals surface area contributed by atoms with Gasteiger partial charge in [0, 0.05) is 0 Å². The van der Waals surface area contributed by atoms with E-state index in [1.165, 1.54) is 0 Å². The normalized spacial score (nSPS) is 14.4. The van der Waals surface area contributed by atoms with Crippen LogP contribution in [0.2, 0.25) is 0 Å². The average molecular weight is 115 g/mol. The highest BCUT2D eigenvalue weighted by Crippen LogP contribution is 2.10. The molecule has 1 aliphatic rings. The van der Waals surface area contributed by atoms with Crippen molar-refractivity contribution >= 4 is 0 Å². The van der Waals surface area contributed by atoms with Crippen LogP contribution in [0, 0.1) is 18.9 Å². The number of rotatable bonds is 1. The third kappa shape index (κ3) is 1.60. The van der Waals surface area contributed by atoms with Gasteiger partial charge < -0.3 is 18.2 Å². The zero-order valence-corrected chi connectivity index (χ0v) is 5.04. The molecule has 0 heterocycles. The van der Waals surface area contributed by atoms with Crippen LogP contribution in [0.25, 0.3) is 0 Å². The topological polar surface area (TPSA) is 0 Å². The fourth-order valence-corrected chi connectivity index (χ4v) is 0.645. The average Bonchev–Trinajstić information content (AvgIpc) is 1.91. The summed E-state index contributed by atoms with van der Waals surface area (Å²) >= 11 is 0. The SMILES string of the molecule is [CH-]=C=C[C-]1C=C[CH-]C=C1. The van der Waals surface area contributed by atoms with Crippen LogP contribution < -0.4 is 0 Å². The largest absolute Gasteiger partial charge is 0.448 e. The van der Waals surface area contributed by atoms with Crippen molar-refractivity contribution in [2.75, 3.05) is 0 Å². The second-order valence-electron chi connectivity index (χ2n) is 1.72. The molecule has 0 unspecified atom stereocenters. The van der Waals surface area contributed by atoms with Gasteiger partial charge in [0.25, 0.3) is 0 Å². The quantitative estimate of drug-likeness (QED) is 0.362. The van der Waals surface area contributed by atoms with Crippen molar-refractivity contribution in [3.8, 4) is 0 Å². The van der Waals surface area contributed by atoms with Crippen molar-refractivity contribution in [3.63, 3.8) is 0 Å². The highest BCUT2D eigenvalue weighted by atomic mass is 14.0. The molecule has 0 aromatic carbocycles. The molecule has 0 saturated heterocycles. The Morgan fingerprint density at radius 2 is 2.11 bits per heavy atom. The lowest BCUT2D eigenvalue weighted by Gasteiger charge is -2.25. The molecule has 46 valence electrons. The smallest absolute Gasteiger partial charge is 0.254 e. The second kappa shape index (κ2) is 2.91. The van der Waals surface area contributed by atoms with Crippen LogP contribution in [0.3, 0.4) is 0 Å². The van der Waals surface area contributed by atoms with Crippen molar-refractivity contribution in [3.05, 3.63) is 55.0 Å². The monoisotopic (exact) mass is 115 g/mol. The van der Waals surface area contributed by atoms with Crippen molar-refractivity contribution < 1.29 is 0 Å². The molecule has 0 aliphatic heterocycles. The van der Waals surface area contributed by atoms with Crippen LogP contribution in [0.4, 0.5) is 0 Å². The predicted molar refractivity (Wildman–Crippen MR) is 38.2 cm³/mol. The van der Waals surface area contributed by atoms with Crippen molar-refractivity contribution in [2.45, 2.75) is 0 Å². The molecule has 0 saturated carbocycles. The Kier molecular flexibility index (Phi) is 1.90. The van der Waals surface area contributed by atoms with Crippen molar-refractivity contribution in [1.29, 1.82) is 0 Å². The van der Waals surface area contributed by atoms with Gasteiger partial charge in [-0.15, -0.1) is 0 Å². The van der Waals surface area contributed by atoms with Gasteiger partial charge in [0.05, 0.1) is 0 Å². The number of hydrogen-bond donors (Lipinski definition) is 0. The van der Waals surface area contributed by atoms with Crippen LogP contribution in [-0.4, -0.2) is 0 Å². The second-order valence-corrected chi connectivity index (χ2v) is 1.72. The highest BCUT2D eigenvalue weighted by Gasteiger charge is 1.70. The van der Waals surface area contributed by atoms with Crippen LogP contribution in [0.1, 0.15) is 0 Å². The summed E-state index contributed by atoms with van der Waals surface area (Å²) in [5.41, 5.74) is 2.46. The maximum Gasteiger partial charge on any atom is -0.254 e. The van der Waals surface area contributed by atoms with E-state index in [-0.39, 0.29) is 0 Å². The Bertz CT molecular complexity index is 166. The Hall–Kier alpha value is -1.26. The van der Waals surface area contributed by atoms with Gasteiger partial charge in [-0.2, -0.15) is 0 Å². The molecule has 0 atom stereocenters. The summed E-state index contributed by atoms with van der Waals surface area (Å²) in [6.45, 7) is 5.05. The first-order chi connectivity index (χ1) is 4.43. The molecule has 0 bridgehead atoms. The molecular weight excluding hydrogens is 108 g/mol. The first-order valence-electron chi connectivity index (χ1n) is 2.78. The van der Waals surface area contributed by atoms with E-state index in [4.69, 9.17) is 6.58 Å². The lowest BCUT2D eigenvalue weighted by Crippen LogP contribution is -1.85. The van der Waals surface area contributed by atoms with Gasteiger partial charge in [-0.05, 0) is 0 Å². The highest BCUT2D eigenvalue weighted by molar-refractivity contribution is 5.39. The fraction of sp³-hybridized carbons (Fsp3) is 0. The molecule has 9 heavy (non-hydrogen) atoms. The molecule has 0 radical (unpaired) electrons. The summed E-state index contributed by atoms with van der Waals surface area (Å²) in [6.07, 6.45) is 11.6. The first-order valence-corrected chi connectivity index (χ1v) is 2.78. The molecule has 0 aromatic rings. The van der Waals surface area contributed by atoms with Crippen LogP contribution >= 0.6 is 0 Å². The third-order valence-corrected chi connectivity index (χ3v) is 1.05. The lowest BCUT2D eigenvalue weighted by molar-refractivity contribution is 1.43. The van der Waals surface area contributed by atoms with E-state index in [1.807, 2.05) is 30.7 Å². The zero-order valence-electron chi connectivity index (χ0n) is 5.04. The summed E-state index contributed by atoms with van der Waals surface area (Å²) in [4.78, 5) is 0. The summed E-state index contributed by atoms with van der Waals surface area (Å²) in [6, 6.07) is 0. The van der Waals surface area contributed by atoms with Gasteiger partial charge in [0.1, 0.15) is 0 Å². The Labute approximate surface area is 55.9 Å². The minimum absolute atomic E-state index is 1.08. The minimum Gasteiger partial charge on any atom is -0.448 e. The Morgan fingerprint density at radius 3 is 2.67 bits per heavy atom. The van der Waals surface area contributed by atoms with E-state index in [0.29, 0.717) is 0 Å². The first kappa shape index (κ1) is 5.87. The van der Waals surface area contributed by atoms with Crippen LogP contribution in [-0.2, 0) is 0 Å². The zero-order chi connectivity index (χ0) is 6.53. The van der Waals surface area contributed by atoms with Crippen molar-refractivity contribution in [1.82, 2.24) is 0 Å². The summed E-state index contributed by atoms with van der Waals surface area (Å²) in [7, 11) is 0. The minimum atomic E-state index is 1.08. The molecule has 0 fully saturated rings. The molecule has 0 amide bonds. The molecule has 1 rings (SSSR count). The van der Waals surface area contributed by atoms with Gasteiger partial charge >= 0.3 is 0 Å². The number of hydrogen-bond acceptors (Lipinski definition) is 0. The summed E-state index contributed by atoms with van der Waals surface area (Å²) in [5.74, 6) is 1.08. The maximum absolute atomic E-state index is 5.05. The summed E-state index contributed by atoms with van der Waals surface area (Å²) in [5, 5.41) is 0. The fourth-order valence-electron chi connectivity index (χ4n) is 0.645. The predicted octanol–water partition coefficient (Wildman–Crippen LogP) is 2.04. The van der Waals surface area contributed by atoms with Gasteiger partial charge in [-0.1, -0.05) is 0 Å². The van der Waals surface area contributed by atoms with Crippen molar-refractivity contribution in [2.24, 2.45) is 0 Å². The van der Waals surface area contributed by atoms with E-state index in [2.05, 4.69) is 5.73 Å². The molecule has 0 heteroatoms. The lowest BCUT2D eigenvalue weighted by atomic mass is 10.0. The van der Waals surface area contributed by atoms with Gasteiger partial charge in [-0.25, -0.2) is 0 Å². The molecule has 0 aromatic heterocycles. The van der Waals surface area contributed by atoms with Crippen LogP contribution in [0.15, 0.2) is 36.1 Å². The maximum atomic E-state index is 5.05. The molecule has 0 N–H and O–H groups in total. The van der Waals surface area contributed by atoms with E-state index in [1.54, 1.807) is 6.08 Å². The van der Waals surface area contributed by atoms with E-state index < -0.39 is 0 Å². The Balaban J connectivity index is 2.59. The molecule has 0 nitrogen and oxygen atoms in total. The molecular formula is C9H7-3.